The number of fused-ring (bicyclic) bond motifs is 2. The van der Waals surface area contributed by atoms with Crippen LogP contribution in [-0.2, 0) is 19.0 Å². The monoisotopic (exact) mass is 468 g/mol. The van der Waals surface area contributed by atoms with Crippen LogP contribution in [0.1, 0.15) is 37.8 Å². The van der Waals surface area contributed by atoms with Crippen molar-refractivity contribution in [1.29, 1.82) is 0 Å². The van der Waals surface area contributed by atoms with Gasteiger partial charge in [-0.2, -0.15) is 0 Å². The molecule has 3 aromatic rings. The van der Waals surface area contributed by atoms with Crippen molar-refractivity contribution in [3.8, 4) is 0 Å². The molecule has 2 fully saturated rings. The highest BCUT2D eigenvalue weighted by molar-refractivity contribution is 5.95. The molecule has 2 aliphatic rings. The molecule has 0 spiro atoms. The van der Waals surface area contributed by atoms with Crippen LogP contribution < -0.4 is 10.6 Å². The summed E-state index contributed by atoms with van der Waals surface area (Å²) in [6, 6.07) is 9.12. The number of amides is 2. The van der Waals surface area contributed by atoms with E-state index >= 15 is 0 Å². The van der Waals surface area contributed by atoms with E-state index in [1.54, 1.807) is 10.9 Å². The number of rotatable bonds is 7. The Kier molecular flexibility index (Phi) is 6.09. The summed E-state index contributed by atoms with van der Waals surface area (Å²) in [5, 5.41) is 14.5. The quantitative estimate of drug-likeness (QED) is 0.474. The molecule has 2 aromatic heterocycles. The van der Waals surface area contributed by atoms with Crippen molar-refractivity contribution in [2.24, 2.45) is 0 Å². The van der Waals surface area contributed by atoms with Crippen LogP contribution >= 0.6 is 0 Å². The van der Waals surface area contributed by atoms with Gasteiger partial charge < -0.3 is 24.6 Å². The Hall–Kier alpha value is -3.61. The summed E-state index contributed by atoms with van der Waals surface area (Å²) in [6.07, 6.45) is 0.337. The number of hydrogen-bond acceptors (Lipinski definition) is 8. The van der Waals surface area contributed by atoms with E-state index in [4.69, 9.17) is 14.2 Å². The van der Waals surface area contributed by atoms with Gasteiger partial charge in [0, 0.05) is 18.5 Å². The molecule has 1 aromatic carbocycles. The molecule has 2 saturated heterocycles. The molecule has 1 unspecified atom stereocenters. The van der Waals surface area contributed by atoms with E-state index in [-0.39, 0.29) is 18.7 Å². The Morgan fingerprint density at radius 2 is 1.88 bits per heavy atom. The maximum atomic E-state index is 12.0. The average Bonchev–Trinajstić information content (AvgIpc) is 3.53. The molecule has 0 aliphatic carbocycles. The SMILES string of the molecule is CCNC(=O)Nc1ncnc2c1ncn2[C@@H]1O[C@H](CCC(=O)O)C2O[C@H](c3ccccc3)O[C@@H]21. The first-order valence-corrected chi connectivity index (χ1v) is 11.0. The minimum absolute atomic E-state index is 0.0621. The van der Waals surface area contributed by atoms with E-state index in [2.05, 4.69) is 25.6 Å². The number of carbonyl (C=O) groups is 2. The van der Waals surface area contributed by atoms with Gasteiger partial charge in [0.1, 0.15) is 18.5 Å². The molecule has 3 N–H and O–H groups in total. The highest BCUT2D eigenvalue weighted by Crippen LogP contribution is 2.45. The highest BCUT2D eigenvalue weighted by atomic mass is 16.8. The number of nitrogens with zero attached hydrogens (tertiary/aromatic N) is 4. The van der Waals surface area contributed by atoms with Crippen molar-refractivity contribution in [3.05, 3.63) is 48.5 Å². The van der Waals surface area contributed by atoms with Crippen molar-refractivity contribution in [3.63, 3.8) is 0 Å². The summed E-state index contributed by atoms with van der Waals surface area (Å²) < 4.78 is 20.4. The molecular weight excluding hydrogens is 444 g/mol. The number of benzene rings is 1. The van der Waals surface area contributed by atoms with Crippen molar-refractivity contribution in [1.82, 2.24) is 24.8 Å². The molecule has 4 heterocycles. The van der Waals surface area contributed by atoms with Gasteiger partial charge in [-0.15, -0.1) is 0 Å². The zero-order chi connectivity index (χ0) is 23.7. The van der Waals surface area contributed by atoms with Crippen molar-refractivity contribution in [2.45, 2.75) is 50.6 Å². The molecular formula is C22H24N6O6. The van der Waals surface area contributed by atoms with E-state index < -0.39 is 42.8 Å². The van der Waals surface area contributed by atoms with Gasteiger partial charge in [-0.05, 0) is 13.3 Å². The lowest BCUT2D eigenvalue weighted by Gasteiger charge is -2.21. The number of anilines is 1. The van der Waals surface area contributed by atoms with Gasteiger partial charge in [-0.1, -0.05) is 30.3 Å². The normalized spacial score (nSPS) is 25.9. The van der Waals surface area contributed by atoms with Gasteiger partial charge in [0.2, 0.25) is 0 Å². The minimum atomic E-state index is -0.913. The molecule has 5 rings (SSSR count). The number of carbonyl (C=O) groups excluding carboxylic acids is 1. The second-order valence-corrected chi connectivity index (χ2v) is 7.97. The highest BCUT2D eigenvalue weighted by Gasteiger charge is 2.53. The van der Waals surface area contributed by atoms with Gasteiger partial charge in [0.05, 0.1) is 12.4 Å². The number of hydrogen-bond donors (Lipinski definition) is 3. The zero-order valence-electron chi connectivity index (χ0n) is 18.3. The fraction of sp³-hybridized carbons (Fsp3) is 0.409. The van der Waals surface area contributed by atoms with Crippen LogP contribution in [0.5, 0.6) is 0 Å². The first-order chi connectivity index (χ1) is 16.5. The molecule has 178 valence electrons. The average molecular weight is 468 g/mol. The van der Waals surface area contributed by atoms with Crippen LogP contribution in [0.15, 0.2) is 43.0 Å². The molecule has 2 aliphatic heterocycles. The van der Waals surface area contributed by atoms with Crippen LogP contribution in [-0.4, -0.2) is 61.5 Å². The molecule has 0 bridgehead atoms. The van der Waals surface area contributed by atoms with Crippen LogP contribution in [0, 0.1) is 0 Å². The standard InChI is InChI=1S/C22H24N6O6/c1-2-23-22(31)27-18-15-19(25-10-24-18)28(11-26-15)20-17-16(13(32-20)8-9-14(29)30)33-21(34-17)12-6-4-3-5-7-12/h3-7,10-11,13,16-17,20-21H,2,8-9H2,1H3,(H,29,30)(H2,23,24,25,27,31)/t13-,16?,17+,20-,21+/m1/s1. The summed E-state index contributed by atoms with van der Waals surface area (Å²) in [5.74, 6) is -0.651. The lowest BCUT2D eigenvalue weighted by atomic mass is 10.1. The number of nitrogens with one attached hydrogen (secondary N) is 2. The number of ether oxygens (including phenoxy) is 3. The number of aliphatic carboxylic acids is 1. The third kappa shape index (κ3) is 4.18. The van der Waals surface area contributed by atoms with E-state index in [1.165, 1.54) is 6.33 Å². The predicted octanol–water partition coefficient (Wildman–Crippen LogP) is 2.21. The van der Waals surface area contributed by atoms with Crippen LogP contribution in [0.3, 0.4) is 0 Å². The van der Waals surface area contributed by atoms with E-state index in [9.17, 15) is 14.7 Å². The molecule has 2 amide bonds. The van der Waals surface area contributed by atoms with Crippen molar-refractivity contribution >= 4 is 29.0 Å². The Labute approximate surface area is 194 Å². The summed E-state index contributed by atoms with van der Waals surface area (Å²) in [4.78, 5) is 36.0. The fourth-order valence-electron chi connectivity index (χ4n) is 4.27. The first-order valence-electron chi connectivity index (χ1n) is 11.0. The fourth-order valence-corrected chi connectivity index (χ4v) is 4.27. The van der Waals surface area contributed by atoms with Gasteiger partial charge in [0.25, 0.3) is 0 Å². The van der Waals surface area contributed by atoms with Crippen LogP contribution in [0.25, 0.3) is 11.2 Å². The largest absolute Gasteiger partial charge is 0.481 e. The maximum Gasteiger partial charge on any atom is 0.320 e. The summed E-state index contributed by atoms with van der Waals surface area (Å²) in [5.41, 5.74) is 1.69. The lowest BCUT2D eigenvalue weighted by molar-refractivity contribution is -0.151. The number of carboxylic acid groups (broad SMARTS) is 1. The predicted molar refractivity (Wildman–Crippen MR) is 118 cm³/mol. The third-order valence-electron chi connectivity index (χ3n) is 5.76. The van der Waals surface area contributed by atoms with Crippen molar-refractivity contribution in [2.75, 3.05) is 11.9 Å². The maximum absolute atomic E-state index is 12.0. The molecule has 5 atom stereocenters. The topological polar surface area (TPSA) is 150 Å². The summed E-state index contributed by atoms with van der Waals surface area (Å²) >= 11 is 0. The first kappa shape index (κ1) is 22.2. The van der Waals surface area contributed by atoms with Crippen LogP contribution in [0.4, 0.5) is 10.6 Å². The Balaban J connectivity index is 1.45. The minimum Gasteiger partial charge on any atom is -0.481 e. The van der Waals surface area contributed by atoms with Gasteiger partial charge in [0.15, 0.2) is 29.5 Å². The summed E-state index contributed by atoms with van der Waals surface area (Å²) in [6.45, 7) is 2.27. The lowest BCUT2D eigenvalue weighted by Crippen LogP contribution is -2.29. The third-order valence-corrected chi connectivity index (χ3v) is 5.76. The number of aromatic nitrogens is 4. The van der Waals surface area contributed by atoms with Gasteiger partial charge in [-0.25, -0.2) is 19.7 Å². The Morgan fingerprint density at radius 3 is 2.65 bits per heavy atom. The van der Waals surface area contributed by atoms with Gasteiger partial charge >= 0.3 is 12.0 Å². The second-order valence-electron chi connectivity index (χ2n) is 7.97. The number of imidazole rings is 1. The van der Waals surface area contributed by atoms with Crippen molar-refractivity contribution < 1.29 is 28.9 Å². The van der Waals surface area contributed by atoms with E-state index in [1.807, 2.05) is 37.3 Å². The summed E-state index contributed by atoms with van der Waals surface area (Å²) in [7, 11) is 0. The second kappa shape index (κ2) is 9.33. The smallest absolute Gasteiger partial charge is 0.320 e. The van der Waals surface area contributed by atoms with E-state index in [0.717, 1.165) is 5.56 Å². The van der Waals surface area contributed by atoms with E-state index in [0.29, 0.717) is 17.7 Å². The number of urea groups is 1. The Morgan fingerprint density at radius 1 is 1.09 bits per heavy atom. The molecule has 34 heavy (non-hydrogen) atoms. The van der Waals surface area contributed by atoms with Crippen LogP contribution in [0.2, 0.25) is 0 Å². The Bertz CT molecular complexity index is 1190. The molecule has 0 radical (unpaired) electrons. The number of carboxylic acids is 1. The molecule has 12 heteroatoms. The molecule has 0 saturated carbocycles. The zero-order valence-corrected chi connectivity index (χ0v) is 18.3. The van der Waals surface area contributed by atoms with Gasteiger partial charge in [-0.3, -0.25) is 14.7 Å². The molecule has 12 nitrogen and oxygen atoms in total.